The van der Waals surface area contributed by atoms with E-state index in [4.69, 9.17) is 0 Å². The van der Waals surface area contributed by atoms with E-state index in [0.717, 1.165) is 58.9 Å². The third-order valence-corrected chi connectivity index (χ3v) is 8.24. The number of benzene rings is 3. The van der Waals surface area contributed by atoms with Crippen LogP contribution < -0.4 is 16.0 Å². The lowest BCUT2D eigenvalue weighted by molar-refractivity contribution is 0.271. The van der Waals surface area contributed by atoms with Crippen molar-refractivity contribution in [1.82, 2.24) is 20.9 Å². The van der Waals surface area contributed by atoms with Crippen molar-refractivity contribution < 1.29 is 0 Å². The Bertz CT molecular complexity index is 1030. The van der Waals surface area contributed by atoms with Gasteiger partial charge >= 0.3 is 0 Å². The largest absolute Gasteiger partial charge is 0.311 e. The Kier molecular flexibility index (Phi) is 12.4. The number of aryl methyl sites for hydroxylation is 9. The third kappa shape index (κ3) is 9.55. The number of hydrogen-bond donors (Lipinski definition) is 3. The molecule has 0 aliphatic rings. The van der Waals surface area contributed by atoms with Gasteiger partial charge in [0.15, 0.2) is 0 Å². The van der Waals surface area contributed by atoms with E-state index in [1.165, 1.54) is 66.8 Å². The summed E-state index contributed by atoms with van der Waals surface area (Å²) in [5.41, 5.74) is 16.7. The van der Waals surface area contributed by atoms with Gasteiger partial charge in [-0.2, -0.15) is 0 Å². The zero-order valence-corrected chi connectivity index (χ0v) is 26.8. The summed E-state index contributed by atoms with van der Waals surface area (Å²) in [5, 5.41) is 11.2. The molecule has 218 valence electrons. The summed E-state index contributed by atoms with van der Waals surface area (Å²) in [4.78, 5) is 2.59. The minimum absolute atomic E-state index is 0.931. The van der Waals surface area contributed by atoms with E-state index in [2.05, 4.69) is 120 Å². The maximum atomic E-state index is 3.72. The van der Waals surface area contributed by atoms with Crippen molar-refractivity contribution in [2.45, 2.75) is 81.9 Å². The van der Waals surface area contributed by atoms with Crippen LogP contribution in [0, 0.1) is 62.3 Å². The quantitative estimate of drug-likeness (QED) is 0.194. The highest BCUT2D eigenvalue weighted by Gasteiger charge is 2.09. The normalized spacial score (nSPS) is 11.6. The molecule has 0 spiro atoms. The minimum Gasteiger partial charge on any atom is -0.311 e. The lowest BCUT2D eigenvalue weighted by Gasteiger charge is -2.24. The van der Waals surface area contributed by atoms with E-state index in [0.29, 0.717) is 0 Å². The first-order valence-electron chi connectivity index (χ1n) is 15.1. The molecule has 4 heteroatoms. The van der Waals surface area contributed by atoms with Crippen molar-refractivity contribution in [3.63, 3.8) is 0 Å². The Labute approximate surface area is 245 Å². The summed E-state index contributed by atoms with van der Waals surface area (Å²) in [5.74, 6) is 0. The Balaban J connectivity index is 1.52. The van der Waals surface area contributed by atoms with Crippen molar-refractivity contribution in [3.05, 3.63) is 103 Å². The van der Waals surface area contributed by atoms with Crippen molar-refractivity contribution in [3.8, 4) is 0 Å². The van der Waals surface area contributed by atoms with E-state index < -0.39 is 0 Å². The predicted octanol–water partition coefficient (Wildman–Crippen LogP) is 6.43. The molecule has 0 unspecified atom stereocenters. The van der Waals surface area contributed by atoms with Crippen LogP contribution in [0.25, 0.3) is 0 Å². The summed E-state index contributed by atoms with van der Waals surface area (Å²) in [7, 11) is 0. The second kappa shape index (κ2) is 15.5. The molecule has 0 amide bonds. The maximum Gasteiger partial charge on any atom is 0.0211 e. The summed E-state index contributed by atoms with van der Waals surface area (Å²) in [6, 6.07) is 13.8. The first-order chi connectivity index (χ1) is 19.0. The molecule has 0 radical (unpaired) electrons. The topological polar surface area (TPSA) is 39.3 Å². The molecule has 0 saturated carbocycles. The first-order valence-corrected chi connectivity index (χ1v) is 15.1. The van der Waals surface area contributed by atoms with E-state index in [-0.39, 0.29) is 0 Å². The van der Waals surface area contributed by atoms with E-state index in [1.807, 2.05) is 0 Å². The van der Waals surface area contributed by atoms with Gasteiger partial charge in [0, 0.05) is 58.9 Å². The molecule has 3 aromatic carbocycles. The molecule has 0 atom stereocenters. The first kappa shape index (κ1) is 32.0. The molecule has 0 aliphatic carbocycles. The van der Waals surface area contributed by atoms with Crippen LogP contribution in [0.15, 0.2) is 36.4 Å². The van der Waals surface area contributed by atoms with Gasteiger partial charge in [-0.05, 0) is 112 Å². The number of hydrogen-bond acceptors (Lipinski definition) is 4. The van der Waals surface area contributed by atoms with Gasteiger partial charge in [0.25, 0.3) is 0 Å². The fraction of sp³-hybridized carbons (Fsp3) is 0.500. The molecular weight excluding hydrogens is 488 g/mol. The third-order valence-electron chi connectivity index (χ3n) is 8.24. The Morgan fingerprint density at radius 3 is 0.850 bits per heavy atom. The van der Waals surface area contributed by atoms with Crippen LogP contribution in [0.3, 0.4) is 0 Å². The highest BCUT2D eigenvalue weighted by Crippen LogP contribution is 2.18. The number of nitrogens with zero attached hydrogens (tertiary/aromatic N) is 1. The molecule has 0 bridgehead atoms. The average molecular weight is 543 g/mol. The zero-order chi connectivity index (χ0) is 29.2. The predicted molar refractivity (Wildman–Crippen MR) is 174 cm³/mol. The van der Waals surface area contributed by atoms with Gasteiger partial charge in [-0.3, -0.25) is 4.90 Å². The van der Waals surface area contributed by atoms with Gasteiger partial charge in [-0.25, -0.2) is 0 Å². The van der Waals surface area contributed by atoms with E-state index in [1.54, 1.807) is 0 Å². The molecule has 0 fully saturated rings. The Morgan fingerprint density at radius 2 is 0.625 bits per heavy atom. The van der Waals surface area contributed by atoms with Crippen LogP contribution in [0.1, 0.15) is 66.8 Å². The number of nitrogens with one attached hydrogen (secondary N) is 3. The summed E-state index contributed by atoms with van der Waals surface area (Å²) >= 11 is 0. The van der Waals surface area contributed by atoms with Crippen molar-refractivity contribution in [2.24, 2.45) is 0 Å². The smallest absolute Gasteiger partial charge is 0.0211 e. The van der Waals surface area contributed by atoms with Crippen molar-refractivity contribution in [1.29, 1.82) is 0 Å². The molecule has 40 heavy (non-hydrogen) atoms. The van der Waals surface area contributed by atoms with Gasteiger partial charge in [0.2, 0.25) is 0 Å². The van der Waals surface area contributed by atoms with Gasteiger partial charge in [-0.1, -0.05) is 53.1 Å². The lowest BCUT2D eigenvalue weighted by atomic mass is 10.00. The van der Waals surface area contributed by atoms with Gasteiger partial charge in [0.05, 0.1) is 0 Å². The Morgan fingerprint density at radius 1 is 0.400 bits per heavy atom. The highest BCUT2D eigenvalue weighted by molar-refractivity contribution is 5.39. The fourth-order valence-corrected chi connectivity index (χ4v) is 6.15. The van der Waals surface area contributed by atoms with Gasteiger partial charge < -0.3 is 16.0 Å². The summed E-state index contributed by atoms with van der Waals surface area (Å²) in [6.07, 6.45) is 0. The van der Waals surface area contributed by atoms with E-state index in [9.17, 15) is 0 Å². The molecular formula is C36H54N4. The molecule has 0 aromatic heterocycles. The molecule has 3 aromatic rings. The number of rotatable bonds is 15. The van der Waals surface area contributed by atoms with Crippen LogP contribution in [-0.4, -0.2) is 44.2 Å². The van der Waals surface area contributed by atoms with Crippen LogP contribution in [0.4, 0.5) is 0 Å². The van der Waals surface area contributed by atoms with Crippen LogP contribution in [-0.2, 0) is 19.6 Å². The van der Waals surface area contributed by atoms with Gasteiger partial charge in [0.1, 0.15) is 0 Å². The van der Waals surface area contributed by atoms with Crippen molar-refractivity contribution in [2.75, 3.05) is 39.3 Å². The highest BCUT2D eigenvalue weighted by atomic mass is 15.2. The standard InChI is InChI=1S/C36H54N4/c1-25-16-28(4)34(29(5)17-25)22-37-10-13-40(14-11-38-23-35-30(6)18-26(2)19-31(35)7)15-12-39-24-36-32(8)20-27(3)21-33(36)9/h16-21,37-39H,10-15,22-24H2,1-9H3. The fourth-order valence-electron chi connectivity index (χ4n) is 6.15. The molecule has 0 heterocycles. The second-order valence-electron chi connectivity index (χ2n) is 12.0. The molecule has 4 nitrogen and oxygen atoms in total. The van der Waals surface area contributed by atoms with Crippen LogP contribution in [0.2, 0.25) is 0 Å². The maximum absolute atomic E-state index is 3.72. The van der Waals surface area contributed by atoms with Crippen molar-refractivity contribution >= 4 is 0 Å². The van der Waals surface area contributed by atoms with E-state index >= 15 is 0 Å². The SMILES string of the molecule is Cc1cc(C)c(CNCCN(CCNCc2c(C)cc(C)cc2C)CCNCc2c(C)cc(C)cc2C)c(C)c1. The molecule has 0 saturated heterocycles. The summed E-state index contributed by atoms with van der Waals surface area (Å²) < 4.78 is 0. The molecule has 3 N–H and O–H groups in total. The summed E-state index contributed by atoms with van der Waals surface area (Å²) in [6.45, 7) is 28.8. The Hall–Kier alpha value is -2.50. The molecule has 3 rings (SSSR count). The van der Waals surface area contributed by atoms with Crippen LogP contribution in [0.5, 0.6) is 0 Å². The lowest BCUT2D eigenvalue weighted by Crippen LogP contribution is -2.40. The second-order valence-corrected chi connectivity index (χ2v) is 12.0. The monoisotopic (exact) mass is 542 g/mol. The van der Waals surface area contributed by atoms with Crippen LogP contribution >= 0.6 is 0 Å². The average Bonchev–Trinajstić information content (AvgIpc) is 2.85. The van der Waals surface area contributed by atoms with Gasteiger partial charge in [-0.15, -0.1) is 0 Å². The zero-order valence-electron chi connectivity index (χ0n) is 26.8. The molecule has 0 aliphatic heterocycles. The minimum atomic E-state index is 0.931.